The Morgan fingerprint density at radius 1 is 1.09 bits per heavy atom. The van der Waals surface area contributed by atoms with Crippen LogP contribution in [0, 0.1) is 5.92 Å². The van der Waals surface area contributed by atoms with E-state index >= 15 is 0 Å². The molecule has 0 bridgehead atoms. The van der Waals surface area contributed by atoms with Gasteiger partial charge in [-0.2, -0.15) is 0 Å². The molecule has 1 aliphatic heterocycles. The van der Waals surface area contributed by atoms with Crippen LogP contribution in [-0.2, 0) is 9.53 Å². The summed E-state index contributed by atoms with van der Waals surface area (Å²) in [6.07, 6.45) is 7.65. The molecule has 0 aliphatic carbocycles. The van der Waals surface area contributed by atoms with E-state index in [1.807, 2.05) is 36.4 Å². The van der Waals surface area contributed by atoms with Gasteiger partial charge in [-0.15, -0.1) is 0 Å². The van der Waals surface area contributed by atoms with Gasteiger partial charge in [0, 0.05) is 48.4 Å². The minimum absolute atomic E-state index is 0.170. The van der Waals surface area contributed by atoms with E-state index in [1.54, 1.807) is 25.7 Å². The highest BCUT2D eigenvalue weighted by molar-refractivity contribution is 5.90. The Kier molecular flexibility index (Phi) is 6.52. The van der Waals surface area contributed by atoms with Crippen molar-refractivity contribution in [3.8, 4) is 28.4 Å². The molecule has 0 amide bonds. The average molecular weight is 470 g/mol. The van der Waals surface area contributed by atoms with E-state index < -0.39 is 0 Å². The van der Waals surface area contributed by atoms with Crippen LogP contribution in [-0.4, -0.2) is 53.2 Å². The lowest BCUT2D eigenvalue weighted by molar-refractivity contribution is -0.141. The van der Waals surface area contributed by atoms with E-state index in [-0.39, 0.29) is 11.9 Å². The molecule has 1 fully saturated rings. The first-order chi connectivity index (χ1) is 17.2. The number of esters is 1. The number of methoxy groups -OCH3 is 2. The van der Waals surface area contributed by atoms with Gasteiger partial charge < -0.3 is 14.4 Å². The van der Waals surface area contributed by atoms with E-state index in [4.69, 9.17) is 19.4 Å². The number of pyridine rings is 2. The number of aromatic nitrogens is 4. The van der Waals surface area contributed by atoms with Crippen LogP contribution >= 0.6 is 0 Å². The van der Waals surface area contributed by atoms with Gasteiger partial charge in [0.1, 0.15) is 5.82 Å². The number of hydrogen-bond donors (Lipinski definition) is 0. The van der Waals surface area contributed by atoms with Gasteiger partial charge in [-0.1, -0.05) is 18.2 Å². The standard InChI is InChI=1S/C27H27N5O3/c1-34-24(33)14-18-6-5-13-32(17-18)26-22-10-12-28-16-23(22)30-25(31-26)20-8-3-7-19(15-20)21-9-4-11-29-27(21)35-2/h3-4,7-12,15-16,18H,5-6,13-14,17H2,1-2H3. The smallest absolute Gasteiger partial charge is 0.305 e. The van der Waals surface area contributed by atoms with Crippen LogP contribution in [0.1, 0.15) is 19.3 Å². The van der Waals surface area contributed by atoms with Gasteiger partial charge in [0.05, 0.1) is 25.9 Å². The lowest BCUT2D eigenvalue weighted by atomic mass is 9.94. The van der Waals surface area contributed by atoms with Crippen molar-refractivity contribution in [2.75, 3.05) is 32.2 Å². The zero-order valence-corrected chi connectivity index (χ0v) is 19.8. The number of hydrogen-bond acceptors (Lipinski definition) is 8. The topological polar surface area (TPSA) is 90.3 Å². The zero-order chi connectivity index (χ0) is 24.2. The van der Waals surface area contributed by atoms with E-state index in [0.717, 1.165) is 59.3 Å². The molecule has 1 atom stereocenters. The second-order valence-electron chi connectivity index (χ2n) is 8.64. The summed E-state index contributed by atoms with van der Waals surface area (Å²) in [6, 6.07) is 13.9. The Morgan fingerprint density at radius 3 is 2.83 bits per heavy atom. The predicted molar refractivity (Wildman–Crippen MR) is 134 cm³/mol. The highest BCUT2D eigenvalue weighted by Crippen LogP contribution is 2.33. The quantitative estimate of drug-likeness (QED) is 0.380. The van der Waals surface area contributed by atoms with E-state index in [9.17, 15) is 4.79 Å². The summed E-state index contributed by atoms with van der Waals surface area (Å²) >= 11 is 0. The molecule has 4 heterocycles. The first kappa shape index (κ1) is 22.7. The fraction of sp³-hybridized carbons (Fsp3) is 0.296. The first-order valence-corrected chi connectivity index (χ1v) is 11.7. The molecule has 1 aliphatic rings. The monoisotopic (exact) mass is 469 g/mol. The number of fused-ring (bicyclic) bond motifs is 1. The largest absolute Gasteiger partial charge is 0.481 e. The number of nitrogens with zero attached hydrogens (tertiary/aromatic N) is 5. The minimum Gasteiger partial charge on any atom is -0.481 e. The third-order valence-corrected chi connectivity index (χ3v) is 6.38. The molecule has 8 heteroatoms. The molecule has 0 saturated carbocycles. The van der Waals surface area contributed by atoms with Gasteiger partial charge in [-0.3, -0.25) is 9.78 Å². The molecule has 4 aromatic rings. The normalized spacial score (nSPS) is 15.7. The minimum atomic E-state index is -0.170. The van der Waals surface area contributed by atoms with Crippen LogP contribution in [0.2, 0.25) is 0 Å². The number of benzene rings is 1. The number of ether oxygens (including phenoxy) is 2. The van der Waals surface area contributed by atoms with Crippen molar-refractivity contribution in [1.82, 2.24) is 19.9 Å². The van der Waals surface area contributed by atoms with Crippen molar-refractivity contribution in [2.45, 2.75) is 19.3 Å². The maximum absolute atomic E-state index is 11.9. The third kappa shape index (κ3) is 4.77. The van der Waals surface area contributed by atoms with Crippen molar-refractivity contribution in [3.63, 3.8) is 0 Å². The summed E-state index contributed by atoms with van der Waals surface area (Å²) in [5.41, 5.74) is 3.55. The van der Waals surface area contributed by atoms with Gasteiger partial charge in [0.2, 0.25) is 5.88 Å². The summed E-state index contributed by atoms with van der Waals surface area (Å²) in [7, 11) is 3.06. The van der Waals surface area contributed by atoms with Crippen molar-refractivity contribution in [1.29, 1.82) is 0 Å². The number of carbonyl (C=O) groups is 1. The van der Waals surface area contributed by atoms with Crippen LogP contribution < -0.4 is 9.64 Å². The van der Waals surface area contributed by atoms with Gasteiger partial charge in [-0.05, 0) is 48.6 Å². The Balaban J connectivity index is 1.55. The summed E-state index contributed by atoms with van der Waals surface area (Å²) in [6.45, 7) is 1.62. The van der Waals surface area contributed by atoms with E-state index in [1.165, 1.54) is 7.11 Å². The molecule has 1 saturated heterocycles. The maximum Gasteiger partial charge on any atom is 0.305 e. The molecule has 178 valence electrons. The maximum atomic E-state index is 11.9. The zero-order valence-electron chi connectivity index (χ0n) is 19.8. The second kappa shape index (κ2) is 10.0. The highest BCUT2D eigenvalue weighted by atomic mass is 16.5. The Hall–Kier alpha value is -4.07. The van der Waals surface area contributed by atoms with Crippen LogP contribution in [0.4, 0.5) is 5.82 Å². The van der Waals surface area contributed by atoms with Gasteiger partial charge >= 0.3 is 5.97 Å². The average Bonchev–Trinajstić information content (AvgIpc) is 2.92. The molecule has 0 N–H and O–H groups in total. The first-order valence-electron chi connectivity index (χ1n) is 11.7. The van der Waals surface area contributed by atoms with Gasteiger partial charge in [-0.25, -0.2) is 15.0 Å². The molecule has 1 aromatic carbocycles. The lowest BCUT2D eigenvalue weighted by Gasteiger charge is -2.33. The van der Waals surface area contributed by atoms with Crippen molar-refractivity contribution in [3.05, 3.63) is 61.1 Å². The number of anilines is 1. The van der Waals surface area contributed by atoms with Crippen molar-refractivity contribution >= 4 is 22.7 Å². The second-order valence-corrected chi connectivity index (χ2v) is 8.64. The molecular formula is C27H27N5O3. The van der Waals surface area contributed by atoms with Crippen LogP contribution in [0.15, 0.2) is 61.1 Å². The van der Waals surface area contributed by atoms with Crippen LogP contribution in [0.5, 0.6) is 5.88 Å². The number of carbonyl (C=O) groups excluding carboxylic acids is 1. The van der Waals surface area contributed by atoms with E-state index in [2.05, 4.69) is 20.9 Å². The molecule has 0 radical (unpaired) electrons. The summed E-state index contributed by atoms with van der Waals surface area (Å²) in [5, 5.41) is 0.951. The molecule has 1 unspecified atom stereocenters. The van der Waals surface area contributed by atoms with Gasteiger partial charge in [0.25, 0.3) is 0 Å². The van der Waals surface area contributed by atoms with Crippen molar-refractivity contribution in [2.24, 2.45) is 5.92 Å². The summed E-state index contributed by atoms with van der Waals surface area (Å²) in [5.74, 6) is 2.12. The third-order valence-electron chi connectivity index (χ3n) is 6.38. The molecule has 35 heavy (non-hydrogen) atoms. The predicted octanol–water partition coefficient (Wildman–Crippen LogP) is 4.54. The number of piperidine rings is 1. The highest BCUT2D eigenvalue weighted by Gasteiger charge is 2.25. The Morgan fingerprint density at radius 2 is 1.97 bits per heavy atom. The fourth-order valence-electron chi connectivity index (χ4n) is 4.68. The summed E-state index contributed by atoms with van der Waals surface area (Å²) < 4.78 is 10.4. The van der Waals surface area contributed by atoms with E-state index in [0.29, 0.717) is 18.1 Å². The molecule has 3 aromatic heterocycles. The molecule has 5 rings (SSSR count). The molecule has 0 spiro atoms. The summed E-state index contributed by atoms with van der Waals surface area (Å²) in [4.78, 5) is 32.6. The Bertz CT molecular complexity index is 1360. The SMILES string of the molecule is COC(=O)CC1CCCN(c2nc(-c3cccc(-c4cccnc4OC)c3)nc3cnccc23)C1. The lowest BCUT2D eigenvalue weighted by Crippen LogP contribution is -2.37. The fourth-order valence-corrected chi connectivity index (χ4v) is 4.68. The number of rotatable bonds is 6. The molecule has 8 nitrogen and oxygen atoms in total. The van der Waals surface area contributed by atoms with Crippen molar-refractivity contribution < 1.29 is 14.3 Å². The molecular weight excluding hydrogens is 442 g/mol. The van der Waals surface area contributed by atoms with Crippen LogP contribution in [0.25, 0.3) is 33.4 Å². The van der Waals surface area contributed by atoms with Gasteiger partial charge in [0.15, 0.2) is 5.82 Å². The van der Waals surface area contributed by atoms with Crippen LogP contribution in [0.3, 0.4) is 0 Å². The Labute approximate surface area is 204 Å².